The molecule has 0 aliphatic heterocycles. The van der Waals surface area contributed by atoms with Crippen molar-refractivity contribution in [3.05, 3.63) is 35.0 Å². The summed E-state index contributed by atoms with van der Waals surface area (Å²) in [6, 6.07) is 7.94. The first-order chi connectivity index (χ1) is 9.25. The highest BCUT2D eigenvalue weighted by molar-refractivity contribution is 6.34. The summed E-state index contributed by atoms with van der Waals surface area (Å²) >= 11 is 6.16. The fourth-order valence-electron chi connectivity index (χ4n) is 3.98. The third-order valence-electron chi connectivity index (χ3n) is 4.98. The largest absolute Gasteiger partial charge is 0.458 e. The Bertz CT molecular complexity index is 608. The van der Waals surface area contributed by atoms with Gasteiger partial charge in [0.15, 0.2) is 5.58 Å². The Morgan fingerprint density at radius 1 is 1.21 bits per heavy atom. The molecule has 19 heavy (non-hydrogen) atoms. The zero-order valence-electron chi connectivity index (χ0n) is 10.8. The molecule has 4 rings (SSSR count). The van der Waals surface area contributed by atoms with Gasteiger partial charge >= 0.3 is 0 Å². The molecule has 2 aliphatic carbocycles. The Balaban J connectivity index is 1.65. The molecular weight excluding hydrogens is 258 g/mol. The predicted octanol–water partition coefficient (Wildman–Crippen LogP) is 4.52. The lowest BCUT2D eigenvalue weighted by molar-refractivity contribution is 0.443. The summed E-state index contributed by atoms with van der Waals surface area (Å²) in [6.45, 7) is 0. The summed E-state index contributed by atoms with van der Waals surface area (Å²) < 4.78 is 5.91. The van der Waals surface area contributed by atoms with Crippen LogP contribution in [0.5, 0.6) is 0 Å². The van der Waals surface area contributed by atoms with Gasteiger partial charge in [0.25, 0.3) is 0 Å². The maximum atomic E-state index is 6.44. The second kappa shape index (κ2) is 4.26. The van der Waals surface area contributed by atoms with Crippen molar-refractivity contribution < 1.29 is 4.42 Å². The molecule has 0 radical (unpaired) electrons. The summed E-state index contributed by atoms with van der Waals surface area (Å²) in [5, 5.41) is 1.73. The van der Waals surface area contributed by atoms with Gasteiger partial charge in [-0.2, -0.15) is 0 Å². The summed E-state index contributed by atoms with van der Waals surface area (Å²) in [5.74, 6) is 3.21. The van der Waals surface area contributed by atoms with E-state index in [2.05, 4.69) is 6.07 Å². The molecular formula is C16H18ClNO. The van der Waals surface area contributed by atoms with Crippen molar-refractivity contribution in [1.29, 1.82) is 0 Å². The average molecular weight is 276 g/mol. The van der Waals surface area contributed by atoms with Crippen LogP contribution < -0.4 is 5.73 Å². The molecule has 0 bridgehead atoms. The van der Waals surface area contributed by atoms with Gasteiger partial charge in [-0.05, 0) is 42.7 Å². The molecule has 3 atom stereocenters. The van der Waals surface area contributed by atoms with E-state index in [1.54, 1.807) is 0 Å². The molecule has 0 spiro atoms. The first-order valence-corrected chi connectivity index (χ1v) is 7.57. The number of nitrogens with two attached hydrogens (primary N) is 1. The maximum absolute atomic E-state index is 6.44. The van der Waals surface area contributed by atoms with Crippen molar-refractivity contribution in [1.82, 2.24) is 0 Å². The number of hydrogen-bond acceptors (Lipinski definition) is 2. The molecule has 0 saturated heterocycles. The van der Waals surface area contributed by atoms with E-state index in [0.29, 0.717) is 10.9 Å². The monoisotopic (exact) mass is 275 g/mol. The Labute approximate surface area is 117 Å². The highest BCUT2D eigenvalue weighted by Gasteiger charge is 2.54. The van der Waals surface area contributed by atoms with Crippen LogP contribution in [0.15, 0.2) is 28.7 Å². The predicted molar refractivity (Wildman–Crippen MR) is 77.1 cm³/mol. The third kappa shape index (κ3) is 1.81. The molecule has 2 aromatic rings. The van der Waals surface area contributed by atoms with E-state index in [0.717, 1.165) is 28.6 Å². The number of rotatable bonds is 2. The van der Waals surface area contributed by atoms with Crippen LogP contribution >= 0.6 is 11.6 Å². The summed E-state index contributed by atoms with van der Waals surface area (Å²) in [7, 11) is 0. The van der Waals surface area contributed by atoms with Crippen molar-refractivity contribution in [2.45, 2.75) is 31.7 Å². The van der Waals surface area contributed by atoms with Gasteiger partial charge in [0, 0.05) is 5.39 Å². The van der Waals surface area contributed by atoms with E-state index in [-0.39, 0.29) is 6.04 Å². The second-order valence-corrected chi connectivity index (χ2v) is 6.43. The fourth-order valence-corrected chi connectivity index (χ4v) is 4.20. The molecule has 2 nitrogen and oxygen atoms in total. The molecule has 3 unspecified atom stereocenters. The quantitative estimate of drug-likeness (QED) is 0.875. The normalized spacial score (nSPS) is 31.2. The lowest BCUT2D eigenvalue weighted by Crippen LogP contribution is -2.13. The van der Waals surface area contributed by atoms with E-state index < -0.39 is 0 Å². The van der Waals surface area contributed by atoms with E-state index in [9.17, 15) is 0 Å². The van der Waals surface area contributed by atoms with E-state index >= 15 is 0 Å². The molecule has 2 fully saturated rings. The first kappa shape index (κ1) is 11.8. The molecule has 1 aromatic heterocycles. The van der Waals surface area contributed by atoms with Crippen LogP contribution in [0.4, 0.5) is 0 Å². The Morgan fingerprint density at radius 3 is 2.63 bits per heavy atom. The zero-order chi connectivity index (χ0) is 13.0. The third-order valence-corrected chi connectivity index (χ3v) is 5.28. The van der Waals surface area contributed by atoms with Crippen molar-refractivity contribution in [3.63, 3.8) is 0 Å². The molecule has 2 N–H and O–H groups in total. The SMILES string of the molecule is NC(c1cc2cccc(Cl)c2o1)C1C2CCCCC21. The van der Waals surface area contributed by atoms with Crippen LogP contribution in [-0.2, 0) is 0 Å². The minimum absolute atomic E-state index is 0.0385. The lowest BCUT2D eigenvalue weighted by Gasteiger charge is -2.07. The molecule has 3 heteroatoms. The van der Waals surface area contributed by atoms with Gasteiger partial charge in [-0.25, -0.2) is 0 Å². The van der Waals surface area contributed by atoms with Crippen molar-refractivity contribution >= 4 is 22.6 Å². The second-order valence-electron chi connectivity index (χ2n) is 6.02. The van der Waals surface area contributed by atoms with Crippen LogP contribution in [0.2, 0.25) is 5.02 Å². The fraction of sp³-hybridized carbons (Fsp3) is 0.500. The van der Waals surface area contributed by atoms with Crippen LogP contribution in [0.3, 0.4) is 0 Å². The Morgan fingerprint density at radius 2 is 1.95 bits per heavy atom. The van der Waals surface area contributed by atoms with Gasteiger partial charge in [-0.15, -0.1) is 0 Å². The van der Waals surface area contributed by atoms with Crippen LogP contribution in [0.25, 0.3) is 11.0 Å². The average Bonchev–Trinajstić information content (AvgIpc) is 2.98. The number of para-hydroxylation sites is 1. The molecule has 2 aliphatic rings. The maximum Gasteiger partial charge on any atom is 0.152 e. The summed E-state index contributed by atoms with van der Waals surface area (Å²) in [6.07, 6.45) is 5.45. The minimum Gasteiger partial charge on any atom is -0.458 e. The van der Waals surface area contributed by atoms with Gasteiger partial charge in [-0.1, -0.05) is 36.6 Å². The topological polar surface area (TPSA) is 39.2 Å². The molecule has 1 aromatic carbocycles. The highest BCUT2D eigenvalue weighted by Crippen LogP contribution is 2.60. The van der Waals surface area contributed by atoms with Crippen molar-refractivity contribution in [3.8, 4) is 0 Å². The van der Waals surface area contributed by atoms with Crippen molar-refractivity contribution in [2.24, 2.45) is 23.5 Å². The first-order valence-electron chi connectivity index (χ1n) is 7.19. The molecule has 1 heterocycles. The summed E-state index contributed by atoms with van der Waals surface area (Å²) in [4.78, 5) is 0. The molecule has 100 valence electrons. The molecule has 0 amide bonds. The number of hydrogen-bond donors (Lipinski definition) is 1. The number of halogens is 1. The smallest absolute Gasteiger partial charge is 0.152 e. The van der Waals surface area contributed by atoms with Gasteiger partial charge in [-0.3, -0.25) is 0 Å². The number of benzene rings is 1. The van der Waals surface area contributed by atoms with E-state index in [4.69, 9.17) is 21.8 Å². The van der Waals surface area contributed by atoms with Crippen LogP contribution in [-0.4, -0.2) is 0 Å². The standard InChI is InChI=1S/C16H18ClNO/c17-12-7-3-4-9-8-13(19-16(9)12)15(18)14-10-5-1-2-6-11(10)14/h3-4,7-8,10-11,14-15H,1-2,5-6,18H2. The summed E-state index contributed by atoms with van der Waals surface area (Å²) in [5.41, 5.74) is 7.21. The Kier molecular flexibility index (Phi) is 2.64. The van der Waals surface area contributed by atoms with Gasteiger partial charge < -0.3 is 10.2 Å². The van der Waals surface area contributed by atoms with Crippen LogP contribution in [0, 0.1) is 17.8 Å². The molecule has 2 saturated carbocycles. The zero-order valence-corrected chi connectivity index (χ0v) is 11.6. The highest BCUT2D eigenvalue weighted by atomic mass is 35.5. The number of fused-ring (bicyclic) bond motifs is 2. The van der Waals surface area contributed by atoms with Gasteiger partial charge in [0.2, 0.25) is 0 Å². The van der Waals surface area contributed by atoms with Crippen LogP contribution in [0.1, 0.15) is 37.5 Å². The Hall–Kier alpha value is -0.990. The van der Waals surface area contributed by atoms with Crippen molar-refractivity contribution in [2.75, 3.05) is 0 Å². The van der Waals surface area contributed by atoms with Gasteiger partial charge in [0.1, 0.15) is 5.76 Å². The van der Waals surface area contributed by atoms with Gasteiger partial charge in [0.05, 0.1) is 11.1 Å². The van der Waals surface area contributed by atoms with E-state index in [1.807, 2.05) is 18.2 Å². The minimum atomic E-state index is 0.0385. The lowest BCUT2D eigenvalue weighted by atomic mass is 10.0. The number of furan rings is 1. The van der Waals surface area contributed by atoms with E-state index in [1.165, 1.54) is 25.7 Å².